The van der Waals surface area contributed by atoms with Gasteiger partial charge < -0.3 is 5.32 Å². The lowest BCUT2D eigenvalue weighted by atomic mass is 10.2. The van der Waals surface area contributed by atoms with E-state index in [1.165, 1.54) is 4.31 Å². The molecule has 1 heterocycles. The van der Waals surface area contributed by atoms with E-state index in [2.05, 4.69) is 5.32 Å². The fraction of sp³-hybridized carbons (Fsp3) is 0.538. The molecule has 1 aliphatic heterocycles. The van der Waals surface area contributed by atoms with Crippen molar-refractivity contribution in [3.63, 3.8) is 0 Å². The first-order chi connectivity index (χ1) is 10.0. The standard InChI is InChI=1S/C13H16ClF3N2O2S/c1-8-7-19(9(2)6-18-8)22(20,21)10-3-4-12(14)11(5-10)13(15,16)17/h3-5,8-9,18H,6-7H2,1-2H3. The van der Waals surface area contributed by atoms with Crippen molar-refractivity contribution in [2.45, 2.75) is 37.0 Å². The van der Waals surface area contributed by atoms with Crippen molar-refractivity contribution in [3.8, 4) is 0 Å². The van der Waals surface area contributed by atoms with Crippen LogP contribution in [0.5, 0.6) is 0 Å². The summed E-state index contributed by atoms with van der Waals surface area (Å²) in [6, 6.07) is 2.25. The van der Waals surface area contributed by atoms with Gasteiger partial charge >= 0.3 is 6.18 Å². The van der Waals surface area contributed by atoms with Gasteiger partial charge in [-0.1, -0.05) is 11.6 Å². The molecule has 124 valence electrons. The van der Waals surface area contributed by atoms with Crippen LogP contribution in [0.3, 0.4) is 0 Å². The monoisotopic (exact) mass is 356 g/mol. The summed E-state index contributed by atoms with van der Waals surface area (Å²) < 4.78 is 65.1. The molecule has 0 saturated carbocycles. The van der Waals surface area contributed by atoms with Gasteiger partial charge in [0.15, 0.2) is 0 Å². The largest absolute Gasteiger partial charge is 0.417 e. The first kappa shape index (κ1) is 17.5. The Morgan fingerprint density at radius 1 is 1.32 bits per heavy atom. The molecule has 0 aliphatic carbocycles. The maximum absolute atomic E-state index is 12.9. The molecule has 9 heteroatoms. The number of rotatable bonds is 2. The number of alkyl halides is 3. The predicted octanol–water partition coefficient (Wildman–Crippen LogP) is 2.73. The average molecular weight is 357 g/mol. The van der Waals surface area contributed by atoms with Crippen LogP contribution in [-0.2, 0) is 16.2 Å². The number of benzene rings is 1. The molecule has 22 heavy (non-hydrogen) atoms. The molecule has 1 fully saturated rings. The van der Waals surface area contributed by atoms with Crippen molar-refractivity contribution in [1.82, 2.24) is 9.62 Å². The second-order valence-corrected chi connectivity index (χ2v) is 7.67. The first-order valence-electron chi connectivity index (χ1n) is 6.65. The van der Waals surface area contributed by atoms with Crippen LogP contribution >= 0.6 is 11.6 Å². The Balaban J connectivity index is 2.46. The van der Waals surface area contributed by atoms with Gasteiger partial charge in [0.2, 0.25) is 10.0 Å². The number of nitrogens with zero attached hydrogens (tertiary/aromatic N) is 1. The van der Waals surface area contributed by atoms with Crippen LogP contribution in [0.4, 0.5) is 13.2 Å². The summed E-state index contributed by atoms with van der Waals surface area (Å²) in [6.45, 7) is 4.17. The Hall–Kier alpha value is -0.830. The van der Waals surface area contributed by atoms with Gasteiger partial charge in [0.25, 0.3) is 0 Å². The molecule has 0 spiro atoms. The van der Waals surface area contributed by atoms with E-state index in [1.807, 2.05) is 6.92 Å². The third kappa shape index (κ3) is 3.40. The Morgan fingerprint density at radius 2 is 1.95 bits per heavy atom. The van der Waals surface area contributed by atoms with Gasteiger partial charge in [-0.05, 0) is 32.0 Å². The highest BCUT2D eigenvalue weighted by molar-refractivity contribution is 7.89. The maximum atomic E-state index is 12.9. The van der Waals surface area contributed by atoms with Gasteiger partial charge in [0.1, 0.15) is 0 Å². The average Bonchev–Trinajstić information content (AvgIpc) is 2.40. The fourth-order valence-electron chi connectivity index (χ4n) is 2.34. The van der Waals surface area contributed by atoms with Crippen molar-refractivity contribution >= 4 is 21.6 Å². The molecule has 0 amide bonds. The van der Waals surface area contributed by atoms with Crippen LogP contribution < -0.4 is 5.32 Å². The Bertz CT molecular complexity index is 664. The van der Waals surface area contributed by atoms with Gasteiger partial charge in [0, 0.05) is 25.2 Å². The summed E-state index contributed by atoms with van der Waals surface area (Å²) in [4.78, 5) is -0.398. The second-order valence-electron chi connectivity index (χ2n) is 5.37. The van der Waals surface area contributed by atoms with Gasteiger partial charge in [-0.25, -0.2) is 8.42 Å². The van der Waals surface area contributed by atoms with Crippen LogP contribution in [0.15, 0.2) is 23.1 Å². The van der Waals surface area contributed by atoms with Crippen molar-refractivity contribution in [3.05, 3.63) is 28.8 Å². The second kappa shape index (κ2) is 5.99. The molecule has 0 radical (unpaired) electrons. The number of piperazine rings is 1. The quantitative estimate of drug-likeness (QED) is 0.886. The highest BCUT2D eigenvalue weighted by atomic mass is 35.5. The van der Waals surface area contributed by atoms with Crippen LogP contribution in [0, 0.1) is 0 Å². The molecule has 1 saturated heterocycles. The summed E-state index contributed by atoms with van der Waals surface area (Å²) >= 11 is 5.53. The van der Waals surface area contributed by atoms with Crippen molar-refractivity contribution < 1.29 is 21.6 Å². The molecule has 4 nitrogen and oxygen atoms in total. The van der Waals surface area contributed by atoms with E-state index in [9.17, 15) is 21.6 Å². The number of halogens is 4. The van der Waals surface area contributed by atoms with Crippen molar-refractivity contribution in [1.29, 1.82) is 0 Å². The molecular formula is C13H16ClF3N2O2S. The van der Waals surface area contributed by atoms with Crippen LogP contribution in [0.25, 0.3) is 0 Å². The summed E-state index contributed by atoms with van der Waals surface area (Å²) in [5.41, 5.74) is -1.15. The Labute approximate surface area is 132 Å². The van der Waals surface area contributed by atoms with Gasteiger partial charge in [-0.2, -0.15) is 17.5 Å². The zero-order valence-corrected chi connectivity index (χ0v) is 13.6. The summed E-state index contributed by atoms with van der Waals surface area (Å²) in [6.07, 6.45) is -4.70. The number of hydrogen-bond acceptors (Lipinski definition) is 3. The topological polar surface area (TPSA) is 49.4 Å². The molecule has 0 bridgehead atoms. The summed E-state index contributed by atoms with van der Waals surface area (Å²) in [5, 5.41) is 2.60. The molecule has 1 aromatic carbocycles. The minimum absolute atomic E-state index is 0.0691. The minimum Gasteiger partial charge on any atom is -0.311 e. The van der Waals surface area contributed by atoms with E-state index in [0.29, 0.717) is 12.6 Å². The van der Waals surface area contributed by atoms with E-state index in [0.717, 1.165) is 12.1 Å². The molecule has 1 N–H and O–H groups in total. The molecule has 2 unspecified atom stereocenters. The molecule has 0 aromatic heterocycles. The van der Waals surface area contributed by atoms with Crippen LogP contribution in [0.1, 0.15) is 19.4 Å². The zero-order chi connectivity index (χ0) is 16.7. The molecule has 2 rings (SSSR count). The third-order valence-corrected chi connectivity index (χ3v) is 5.86. The number of sulfonamides is 1. The molecule has 2 atom stereocenters. The smallest absolute Gasteiger partial charge is 0.311 e. The van der Waals surface area contributed by atoms with E-state index >= 15 is 0 Å². The van der Waals surface area contributed by atoms with Gasteiger partial charge in [0.05, 0.1) is 15.5 Å². The van der Waals surface area contributed by atoms with Crippen molar-refractivity contribution in [2.24, 2.45) is 0 Å². The number of hydrogen-bond donors (Lipinski definition) is 1. The van der Waals surface area contributed by atoms with E-state index in [1.54, 1.807) is 6.92 Å². The van der Waals surface area contributed by atoms with E-state index in [4.69, 9.17) is 11.6 Å². The third-order valence-electron chi connectivity index (χ3n) is 3.56. The predicted molar refractivity (Wildman–Crippen MR) is 77.3 cm³/mol. The Kier molecular flexibility index (Phi) is 4.77. The fourth-order valence-corrected chi connectivity index (χ4v) is 4.31. The van der Waals surface area contributed by atoms with E-state index in [-0.39, 0.29) is 18.6 Å². The molecule has 1 aromatic rings. The van der Waals surface area contributed by atoms with Crippen LogP contribution in [-0.4, -0.2) is 37.9 Å². The zero-order valence-electron chi connectivity index (χ0n) is 12.0. The van der Waals surface area contributed by atoms with Gasteiger partial charge in [-0.15, -0.1) is 0 Å². The maximum Gasteiger partial charge on any atom is 0.417 e. The van der Waals surface area contributed by atoms with E-state index < -0.39 is 31.7 Å². The lowest BCUT2D eigenvalue weighted by Crippen LogP contribution is -2.56. The summed E-state index contributed by atoms with van der Waals surface area (Å²) in [5.74, 6) is 0. The Morgan fingerprint density at radius 3 is 2.55 bits per heavy atom. The lowest BCUT2D eigenvalue weighted by Gasteiger charge is -2.36. The first-order valence-corrected chi connectivity index (χ1v) is 8.47. The van der Waals surface area contributed by atoms with Crippen molar-refractivity contribution in [2.75, 3.05) is 13.1 Å². The number of nitrogens with one attached hydrogen (secondary N) is 1. The SMILES string of the molecule is CC1CN(S(=O)(=O)c2ccc(Cl)c(C(F)(F)F)c2)C(C)CN1. The molecule has 1 aliphatic rings. The minimum atomic E-state index is -4.70. The highest BCUT2D eigenvalue weighted by Crippen LogP contribution is 2.36. The molecular weight excluding hydrogens is 341 g/mol. The highest BCUT2D eigenvalue weighted by Gasteiger charge is 2.37. The van der Waals surface area contributed by atoms with Gasteiger partial charge in [-0.3, -0.25) is 0 Å². The normalized spacial score (nSPS) is 24.5. The van der Waals surface area contributed by atoms with Crippen LogP contribution in [0.2, 0.25) is 5.02 Å². The lowest BCUT2D eigenvalue weighted by molar-refractivity contribution is -0.137. The summed E-state index contributed by atoms with van der Waals surface area (Å²) in [7, 11) is -4.01.